The topological polar surface area (TPSA) is 61.7 Å². The van der Waals surface area contributed by atoms with Crippen molar-refractivity contribution in [1.29, 1.82) is 0 Å². The molecule has 0 saturated heterocycles. The number of rotatable bonds is 3. The molecule has 2 aromatic rings. The van der Waals surface area contributed by atoms with E-state index in [2.05, 4.69) is 62.6 Å². The van der Waals surface area contributed by atoms with Crippen molar-refractivity contribution in [3.05, 3.63) is 18.3 Å². The van der Waals surface area contributed by atoms with Crippen molar-refractivity contribution in [3.63, 3.8) is 0 Å². The van der Waals surface area contributed by atoms with Crippen LogP contribution in [0.15, 0.2) is 12.5 Å². The van der Waals surface area contributed by atoms with Crippen LogP contribution in [0.4, 0.5) is 5.82 Å². The molecule has 0 spiro atoms. The van der Waals surface area contributed by atoms with Gasteiger partial charge in [-0.15, -0.1) is 0 Å². The van der Waals surface area contributed by atoms with Gasteiger partial charge in [0.05, 0.1) is 18.2 Å². The second-order valence-corrected chi connectivity index (χ2v) is 7.16. The average Bonchev–Trinajstić information content (AvgIpc) is 2.91. The number of hydrogen-bond acceptors (Lipinski definition) is 3. The number of imidazole rings is 2. The third kappa shape index (κ3) is 2.69. The fourth-order valence-electron chi connectivity index (χ4n) is 2.59. The van der Waals surface area contributed by atoms with Gasteiger partial charge in [0, 0.05) is 17.5 Å². The summed E-state index contributed by atoms with van der Waals surface area (Å²) in [5.41, 5.74) is 8.18. The molecule has 116 valence electrons. The van der Waals surface area contributed by atoms with Gasteiger partial charge in [0.1, 0.15) is 17.3 Å². The fourth-order valence-corrected chi connectivity index (χ4v) is 2.59. The van der Waals surface area contributed by atoms with Crippen LogP contribution in [0.3, 0.4) is 0 Å². The summed E-state index contributed by atoms with van der Waals surface area (Å²) >= 11 is 0. The van der Waals surface area contributed by atoms with E-state index in [4.69, 9.17) is 10.7 Å². The summed E-state index contributed by atoms with van der Waals surface area (Å²) in [6.07, 6.45) is 3.68. The number of hydrogen-bond donors (Lipinski definition) is 1. The van der Waals surface area contributed by atoms with Crippen LogP contribution < -0.4 is 5.73 Å². The fraction of sp³-hybridized carbons (Fsp3) is 0.625. The van der Waals surface area contributed by atoms with E-state index in [0.29, 0.717) is 6.04 Å². The monoisotopic (exact) mass is 289 g/mol. The summed E-state index contributed by atoms with van der Waals surface area (Å²) in [6, 6.07) is 0.597. The summed E-state index contributed by atoms with van der Waals surface area (Å²) in [7, 11) is 0. The molecule has 2 N–H and O–H groups in total. The van der Waals surface area contributed by atoms with E-state index in [1.807, 2.05) is 12.5 Å². The lowest BCUT2D eigenvalue weighted by Crippen LogP contribution is -2.21. The summed E-state index contributed by atoms with van der Waals surface area (Å²) in [6.45, 7) is 15.0. The first kappa shape index (κ1) is 15.6. The smallest absolute Gasteiger partial charge is 0.133 e. The Hall–Kier alpha value is -1.78. The van der Waals surface area contributed by atoms with Gasteiger partial charge >= 0.3 is 0 Å². The molecule has 2 rings (SSSR count). The SMILES string of the molecule is CC(C)n1cncc1-c1nc(C(C)(C)C)n(C(C)C)c1N. The molecule has 5 nitrogen and oxygen atoms in total. The molecule has 0 aliphatic carbocycles. The molecule has 0 atom stereocenters. The molecule has 2 heterocycles. The molecule has 0 fully saturated rings. The minimum Gasteiger partial charge on any atom is -0.383 e. The van der Waals surface area contributed by atoms with Gasteiger partial charge in [-0.1, -0.05) is 20.8 Å². The summed E-state index contributed by atoms with van der Waals surface area (Å²) in [5.74, 6) is 1.74. The predicted octanol–water partition coefficient (Wildman–Crippen LogP) is 3.79. The zero-order valence-corrected chi connectivity index (χ0v) is 14.2. The Kier molecular flexibility index (Phi) is 3.87. The van der Waals surface area contributed by atoms with Crippen molar-refractivity contribution >= 4 is 5.82 Å². The van der Waals surface area contributed by atoms with E-state index in [1.165, 1.54) is 0 Å². The minimum absolute atomic E-state index is 0.0562. The van der Waals surface area contributed by atoms with Gasteiger partial charge in [-0.05, 0) is 27.7 Å². The van der Waals surface area contributed by atoms with E-state index in [0.717, 1.165) is 23.0 Å². The Morgan fingerprint density at radius 1 is 1.10 bits per heavy atom. The number of nitrogen functional groups attached to an aromatic ring is 1. The van der Waals surface area contributed by atoms with Crippen LogP contribution in [0.5, 0.6) is 0 Å². The van der Waals surface area contributed by atoms with Gasteiger partial charge in [-0.2, -0.15) is 0 Å². The molecule has 0 aromatic carbocycles. The van der Waals surface area contributed by atoms with Gasteiger partial charge < -0.3 is 14.9 Å². The molecular formula is C16H27N5. The maximum Gasteiger partial charge on any atom is 0.133 e. The first-order chi connectivity index (χ1) is 9.64. The molecule has 0 aliphatic rings. The lowest BCUT2D eigenvalue weighted by molar-refractivity contribution is 0.473. The van der Waals surface area contributed by atoms with Crippen molar-refractivity contribution in [2.45, 2.75) is 66.0 Å². The quantitative estimate of drug-likeness (QED) is 0.935. The Morgan fingerprint density at radius 2 is 1.71 bits per heavy atom. The van der Waals surface area contributed by atoms with Crippen molar-refractivity contribution in [2.24, 2.45) is 0 Å². The van der Waals surface area contributed by atoms with E-state index in [-0.39, 0.29) is 11.5 Å². The standard InChI is InChI=1S/C16H27N5/c1-10(2)20-9-18-8-12(20)13-14(17)21(11(3)4)15(19-13)16(5,6)7/h8-11H,17H2,1-7H3. The third-order valence-corrected chi connectivity index (χ3v) is 3.60. The third-order valence-electron chi connectivity index (χ3n) is 3.60. The number of anilines is 1. The maximum atomic E-state index is 6.42. The van der Waals surface area contributed by atoms with Gasteiger partial charge in [0.15, 0.2) is 0 Å². The van der Waals surface area contributed by atoms with E-state index >= 15 is 0 Å². The van der Waals surface area contributed by atoms with Crippen LogP contribution in [0.25, 0.3) is 11.4 Å². The van der Waals surface area contributed by atoms with Crippen LogP contribution in [-0.2, 0) is 5.41 Å². The van der Waals surface area contributed by atoms with Gasteiger partial charge in [-0.25, -0.2) is 9.97 Å². The molecule has 0 unspecified atom stereocenters. The zero-order valence-electron chi connectivity index (χ0n) is 14.2. The lowest BCUT2D eigenvalue weighted by atomic mass is 9.95. The summed E-state index contributed by atoms with van der Waals surface area (Å²) < 4.78 is 4.24. The van der Waals surface area contributed by atoms with E-state index in [9.17, 15) is 0 Å². The van der Waals surface area contributed by atoms with Gasteiger partial charge in [0.25, 0.3) is 0 Å². The Balaban J connectivity index is 2.69. The number of nitrogens with zero attached hydrogens (tertiary/aromatic N) is 4. The Morgan fingerprint density at radius 3 is 2.14 bits per heavy atom. The molecule has 2 aromatic heterocycles. The number of nitrogens with two attached hydrogens (primary N) is 1. The molecule has 0 aliphatic heterocycles. The van der Waals surface area contributed by atoms with E-state index < -0.39 is 0 Å². The van der Waals surface area contributed by atoms with Crippen molar-refractivity contribution in [1.82, 2.24) is 19.1 Å². The predicted molar refractivity (Wildman–Crippen MR) is 87.3 cm³/mol. The first-order valence-corrected chi connectivity index (χ1v) is 7.55. The van der Waals surface area contributed by atoms with Crippen molar-refractivity contribution in [3.8, 4) is 11.4 Å². The van der Waals surface area contributed by atoms with Crippen molar-refractivity contribution < 1.29 is 0 Å². The van der Waals surface area contributed by atoms with Crippen LogP contribution in [-0.4, -0.2) is 19.1 Å². The maximum absolute atomic E-state index is 6.42. The minimum atomic E-state index is -0.0562. The first-order valence-electron chi connectivity index (χ1n) is 7.55. The molecule has 5 heteroatoms. The second-order valence-electron chi connectivity index (χ2n) is 7.16. The van der Waals surface area contributed by atoms with Crippen LogP contribution >= 0.6 is 0 Å². The highest BCUT2D eigenvalue weighted by Gasteiger charge is 2.27. The normalized spacial score (nSPS) is 12.6. The van der Waals surface area contributed by atoms with E-state index in [1.54, 1.807) is 0 Å². The lowest BCUT2D eigenvalue weighted by Gasteiger charge is -2.22. The highest BCUT2D eigenvalue weighted by atomic mass is 15.2. The highest BCUT2D eigenvalue weighted by Crippen LogP contribution is 2.34. The highest BCUT2D eigenvalue weighted by molar-refractivity contribution is 5.68. The van der Waals surface area contributed by atoms with Crippen molar-refractivity contribution in [2.75, 3.05) is 5.73 Å². The summed E-state index contributed by atoms with van der Waals surface area (Å²) in [4.78, 5) is 9.13. The largest absolute Gasteiger partial charge is 0.383 e. The number of aromatic nitrogens is 4. The molecule has 0 radical (unpaired) electrons. The Labute approximate surface area is 127 Å². The van der Waals surface area contributed by atoms with Crippen LogP contribution in [0.2, 0.25) is 0 Å². The Bertz CT molecular complexity index is 626. The molecule has 0 bridgehead atoms. The van der Waals surface area contributed by atoms with Crippen LogP contribution in [0.1, 0.15) is 66.4 Å². The summed E-state index contributed by atoms with van der Waals surface area (Å²) in [5, 5.41) is 0. The molecule has 0 amide bonds. The second kappa shape index (κ2) is 5.20. The van der Waals surface area contributed by atoms with Gasteiger partial charge in [-0.3, -0.25) is 0 Å². The van der Waals surface area contributed by atoms with Crippen LogP contribution in [0, 0.1) is 0 Å². The molecule has 21 heavy (non-hydrogen) atoms. The molecular weight excluding hydrogens is 262 g/mol. The average molecular weight is 289 g/mol. The van der Waals surface area contributed by atoms with Gasteiger partial charge in [0.2, 0.25) is 0 Å². The molecule has 0 saturated carbocycles. The zero-order chi connectivity index (χ0) is 15.9.